The number of piperidine rings is 1. The minimum atomic E-state index is -0.447. The lowest BCUT2D eigenvalue weighted by Gasteiger charge is -2.39. The van der Waals surface area contributed by atoms with Crippen molar-refractivity contribution in [3.8, 4) is 17.2 Å². The molecule has 216 valence electrons. The zero-order valence-corrected chi connectivity index (χ0v) is 23.7. The molecule has 10 heteroatoms. The van der Waals surface area contributed by atoms with Crippen molar-refractivity contribution in [1.29, 1.82) is 0 Å². The number of nitrogens with zero attached hydrogens (tertiary/aromatic N) is 3. The van der Waals surface area contributed by atoms with Crippen molar-refractivity contribution in [2.45, 2.75) is 38.5 Å². The van der Waals surface area contributed by atoms with Gasteiger partial charge in [-0.25, -0.2) is 0 Å². The molecule has 0 unspecified atom stereocenters. The quantitative estimate of drug-likeness (QED) is 0.523. The summed E-state index contributed by atoms with van der Waals surface area (Å²) in [6.07, 6.45) is 2.61. The highest BCUT2D eigenvalue weighted by Gasteiger charge is 2.35. The molecule has 1 fully saturated rings. The van der Waals surface area contributed by atoms with Gasteiger partial charge in [-0.3, -0.25) is 14.4 Å². The van der Waals surface area contributed by atoms with Gasteiger partial charge in [0.25, 0.3) is 11.8 Å². The normalized spacial score (nSPS) is 19.7. The minimum Gasteiger partial charge on any atom is -0.493 e. The Morgan fingerprint density at radius 2 is 1.98 bits per heavy atom. The Morgan fingerprint density at radius 1 is 1.12 bits per heavy atom. The predicted molar refractivity (Wildman–Crippen MR) is 152 cm³/mol. The van der Waals surface area contributed by atoms with E-state index in [1.54, 1.807) is 40.8 Å². The molecule has 0 radical (unpaired) electrons. The van der Waals surface area contributed by atoms with Gasteiger partial charge in [0.1, 0.15) is 11.4 Å². The highest BCUT2D eigenvalue weighted by Crippen LogP contribution is 2.33. The van der Waals surface area contributed by atoms with Crippen molar-refractivity contribution >= 4 is 17.7 Å². The van der Waals surface area contributed by atoms with Gasteiger partial charge in [-0.2, -0.15) is 0 Å². The van der Waals surface area contributed by atoms with E-state index in [2.05, 4.69) is 5.32 Å². The third-order valence-electron chi connectivity index (χ3n) is 7.47. The molecule has 0 aliphatic carbocycles. The second-order valence-electron chi connectivity index (χ2n) is 10.4. The Bertz CT molecular complexity index is 1420. The first-order valence-corrected chi connectivity index (χ1v) is 13.9. The van der Waals surface area contributed by atoms with E-state index in [0.29, 0.717) is 61.0 Å². The maximum atomic E-state index is 13.5. The maximum absolute atomic E-state index is 13.5. The lowest BCUT2D eigenvalue weighted by atomic mass is 10.0. The van der Waals surface area contributed by atoms with Crippen LogP contribution in [0.3, 0.4) is 0 Å². The average molecular weight is 561 g/mol. The smallest absolute Gasteiger partial charge is 0.270 e. The van der Waals surface area contributed by atoms with E-state index in [1.807, 2.05) is 50.5 Å². The third-order valence-corrected chi connectivity index (χ3v) is 7.47. The number of carbonyl (C=O) groups excluding carboxylic acids is 3. The predicted octanol–water partition coefficient (Wildman–Crippen LogP) is 3.61. The zero-order valence-electron chi connectivity index (χ0n) is 23.7. The van der Waals surface area contributed by atoms with Gasteiger partial charge in [-0.1, -0.05) is 19.1 Å². The van der Waals surface area contributed by atoms with E-state index < -0.39 is 6.10 Å². The molecule has 3 amide bonds. The number of amides is 3. The number of fused-ring (bicyclic) bond motifs is 5. The fraction of sp³-hybridized carbons (Fsp3) is 0.387. The molecule has 41 heavy (non-hydrogen) atoms. The molecule has 1 aromatic heterocycles. The molecule has 3 heterocycles. The van der Waals surface area contributed by atoms with Crippen molar-refractivity contribution in [3.05, 3.63) is 77.6 Å². The van der Waals surface area contributed by atoms with Crippen molar-refractivity contribution in [3.63, 3.8) is 0 Å². The first-order valence-electron chi connectivity index (χ1n) is 13.9. The van der Waals surface area contributed by atoms with Gasteiger partial charge in [0.05, 0.1) is 32.4 Å². The Hall–Kier alpha value is -4.31. The van der Waals surface area contributed by atoms with Crippen LogP contribution in [-0.2, 0) is 23.2 Å². The fourth-order valence-corrected chi connectivity index (χ4v) is 5.33. The summed E-state index contributed by atoms with van der Waals surface area (Å²) in [6.45, 7) is 3.35. The Balaban J connectivity index is 1.46. The minimum absolute atomic E-state index is 0.0803. The molecule has 10 nitrogen and oxygen atoms in total. The van der Waals surface area contributed by atoms with Gasteiger partial charge in [0.2, 0.25) is 5.91 Å². The standard InChI is InChI=1S/C31H36N4O6/c1-4-13-34-19-29(36)32-24-12-15-35(31(38)25-9-6-14-33(25)2)18-28(24)40-20-21-7-5-8-23(16-21)41-27-17-22(30(34)37)10-11-26(27)39-3/h5-11,14,16-17,24,28H,4,12-13,15,18-20H2,1-3H3,(H,32,36)/t24-,28-/m0/s1. The molecule has 3 aromatic rings. The molecule has 2 aliphatic heterocycles. The van der Waals surface area contributed by atoms with Crippen molar-refractivity contribution in [1.82, 2.24) is 19.7 Å². The van der Waals surface area contributed by atoms with Crippen LogP contribution in [0.2, 0.25) is 0 Å². The second kappa shape index (κ2) is 12.5. The van der Waals surface area contributed by atoms with Crippen molar-refractivity contribution in [2.75, 3.05) is 33.3 Å². The van der Waals surface area contributed by atoms with Crippen LogP contribution in [0.25, 0.3) is 0 Å². The number of nitrogens with one attached hydrogen (secondary N) is 1. The number of aryl methyl sites for hydroxylation is 1. The van der Waals surface area contributed by atoms with E-state index in [-0.39, 0.29) is 36.9 Å². The number of benzene rings is 2. The highest BCUT2D eigenvalue weighted by atomic mass is 16.5. The molecule has 1 N–H and O–H groups in total. The van der Waals surface area contributed by atoms with Gasteiger partial charge in [0, 0.05) is 38.4 Å². The van der Waals surface area contributed by atoms with Gasteiger partial charge in [-0.15, -0.1) is 0 Å². The number of ether oxygens (including phenoxy) is 3. The fourth-order valence-electron chi connectivity index (χ4n) is 5.33. The van der Waals surface area contributed by atoms with Crippen LogP contribution in [0.5, 0.6) is 17.2 Å². The van der Waals surface area contributed by atoms with Crippen LogP contribution >= 0.6 is 0 Å². The Morgan fingerprint density at radius 3 is 2.73 bits per heavy atom. The van der Waals surface area contributed by atoms with Gasteiger partial charge in [-0.05, 0) is 60.9 Å². The van der Waals surface area contributed by atoms with Crippen LogP contribution in [0, 0.1) is 0 Å². The zero-order chi connectivity index (χ0) is 28.9. The molecule has 0 spiro atoms. The Labute approximate surface area is 239 Å². The largest absolute Gasteiger partial charge is 0.493 e. The molecular weight excluding hydrogens is 524 g/mol. The van der Waals surface area contributed by atoms with E-state index >= 15 is 0 Å². The van der Waals surface area contributed by atoms with Crippen molar-refractivity contribution in [2.24, 2.45) is 7.05 Å². The van der Waals surface area contributed by atoms with Gasteiger partial charge < -0.3 is 33.9 Å². The molecule has 1 saturated heterocycles. The van der Waals surface area contributed by atoms with Crippen LogP contribution in [0.1, 0.15) is 46.2 Å². The van der Waals surface area contributed by atoms with Gasteiger partial charge >= 0.3 is 0 Å². The summed E-state index contributed by atoms with van der Waals surface area (Å²) >= 11 is 0. The molecule has 5 rings (SSSR count). The van der Waals surface area contributed by atoms with E-state index in [1.165, 1.54) is 4.90 Å². The summed E-state index contributed by atoms with van der Waals surface area (Å²) in [5.41, 5.74) is 1.86. The lowest BCUT2D eigenvalue weighted by Crippen LogP contribution is -2.57. The SMILES string of the molecule is CCCN1CC(=O)N[C@H]2CCN(C(=O)c3cccn3C)C[C@@H]2OCc2cccc(c2)Oc2cc(ccc2OC)C1=O. The average Bonchev–Trinajstić information content (AvgIpc) is 3.41. The number of likely N-dealkylation sites (tertiary alicyclic amines) is 1. The number of carbonyl (C=O) groups is 3. The second-order valence-corrected chi connectivity index (χ2v) is 10.4. The summed E-state index contributed by atoms with van der Waals surface area (Å²) in [4.78, 5) is 43.4. The molecule has 4 bridgehead atoms. The summed E-state index contributed by atoms with van der Waals surface area (Å²) < 4.78 is 19.8. The van der Waals surface area contributed by atoms with E-state index in [4.69, 9.17) is 14.2 Å². The van der Waals surface area contributed by atoms with Crippen LogP contribution < -0.4 is 14.8 Å². The first-order chi connectivity index (χ1) is 19.9. The highest BCUT2D eigenvalue weighted by molar-refractivity contribution is 5.97. The van der Waals surface area contributed by atoms with Crippen molar-refractivity contribution < 1.29 is 28.6 Å². The summed E-state index contributed by atoms with van der Waals surface area (Å²) in [7, 11) is 3.38. The van der Waals surface area contributed by atoms with E-state index in [9.17, 15) is 14.4 Å². The Kier molecular flexibility index (Phi) is 8.58. The molecular formula is C31H36N4O6. The number of hydrogen-bond acceptors (Lipinski definition) is 6. The number of hydrogen-bond donors (Lipinski definition) is 1. The number of rotatable bonds is 4. The molecule has 2 atom stereocenters. The molecule has 2 aliphatic rings. The molecule has 2 aromatic carbocycles. The van der Waals surface area contributed by atoms with Crippen LogP contribution in [0.15, 0.2) is 60.8 Å². The topological polar surface area (TPSA) is 102 Å². The summed E-state index contributed by atoms with van der Waals surface area (Å²) in [5, 5.41) is 3.10. The number of aromatic nitrogens is 1. The van der Waals surface area contributed by atoms with Crippen LogP contribution in [-0.4, -0.2) is 77.5 Å². The third kappa shape index (κ3) is 6.38. The maximum Gasteiger partial charge on any atom is 0.270 e. The number of methoxy groups -OCH3 is 1. The molecule has 0 saturated carbocycles. The van der Waals surface area contributed by atoms with Crippen LogP contribution in [0.4, 0.5) is 0 Å². The van der Waals surface area contributed by atoms with E-state index in [0.717, 1.165) is 5.56 Å². The summed E-state index contributed by atoms with van der Waals surface area (Å²) in [5.74, 6) is 0.824. The summed E-state index contributed by atoms with van der Waals surface area (Å²) in [6, 6.07) is 15.8. The monoisotopic (exact) mass is 560 g/mol. The lowest BCUT2D eigenvalue weighted by molar-refractivity contribution is -0.124. The first kappa shape index (κ1) is 28.2. The van der Waals surface area contributed by atoms with Gasteiger partial charge in [0.15, 0.2) is 11.5 Å².